The van der Waals surface area contributed by atoms with Gasteiger partial charge in [-0.15, -0.1) is 0 Å². The maximum Gasteiger partial charge on any atom is 0.268 e. The van der Waals surface area contributed by atoms with Crippen molar-refractivity contribution in [1.82, 2.24) is 0 Å². The highest BCUT2D eigenvalue weighted by Gasteiger charge is 2.32. The fraction of sp³-hybridized carbons (Fsp3) is 0.500. The van der Waals surface area contributed by atoms with Gasteiger partial charge in [-0.2, -0.15) is 0 Å². The third-order valence-electron chi connectivity index (χ3n) is 3.07. The Labute approximate surface area is 102 Å². The molecule has 0 saturated heterocycles. The Morgan fingerprint density at radius 3 is 2.76 bits per heavy atom. The summed E-state index contributed by atoms with van der Waals surface area (Å²) in [7, 11) is 0. The number of ether oxygens (including phenoxy) is 1. The van der Waals surface area contributed by atoms with Crippen molar-refractivity contribution >= 4 is 11.6 Å². The summed E-state index contributed by atoms with van der Waals surface area (Å²) in [6, 6.07) is 7.78. The van der Waals surface area contributed by atoms with E-state index in [1.165, 1.54) is 0 Å². The van der Waals surface area contributed by atoms with Crippen LogP contribution in [0.4, 0.5) is 5.69 Å². The van der Waals surface area contributed by atoms with Crippen molar-refractivity contribution in [3.05, 3.63) is 24.3 Å². The number of hydrogen-bond acceptors (Lipinski definition) is 2. The van der Waals surface area contributed by atoms with E-state index in [1.807, 2.05) is 36.1 Å². The predicted molar refractivity (Wildman–Crippen MR) is 68.4 cm³/mol. The Bertz CT molecular complexity index is 403. The molecule has 0 aliphatic carbocycles. The number of nitrogens with zero attached hydrogens (tertiary/aromatic N) is 1. The van der Waals surface area contributed by atoms with Gasteiger partial charge in [-0.3, -0.25) is 4.79 Å². The normalized spacial score (nSPS) is 18.8. The van der Waals surface area contributed by atoms with Gasteiger partial charge in [0.25, 0.3) is 5.91 Å². The van der Waals surface area contributed by atoms with Gasteiger partial charge < -0.3 is 9.64 Å². The third-order valence-corrected chi connectivity index (χ3v) is 3.07. The Morgan fingerprint density at radius 2 is 2.06 bits per heavy atom. The van der Waals surface area contributed by atoms with Crippen molar-refractivity contribution < 1.29 is 9.53 Å². The third kappa shape index (κ3) is 2.28. The Morgan fingerprint density at radius 1 is 1.29 bits per heavy atom. The Hall–Kier alpha value is -1.51. The zero-order valence-corrected chi connectivity index (χ0v) is 10.5. The number of unbranched alkanes of at least 4 members (excludes halogenated alkanes) is 1. The number of fused-ring (bicyclic) bond motifs is 1. The number of hydrogen-bond donors (Lipinski definition) is 0. The van der Waals surface area contributed by atoms with Gasteiger partial charge in [0.2, 0.25) is 0 Å². The lowest BCUT2D eigenvalue weighted by molar-refractivity contribution is -0.126. The molecule has 1 aliphatic rings. The molecular weight excluding hydrogens is 214 g/mol. The minimum absolute atomic E-state index is 0.0969. The van der Waals surface area contributed by atoms with Crippen molar-refractivity contribution in [2.75, 3.05) is 11.4 Å². The number of rotatable bonds is 4. The van der Waals surface area contributed by atoms with E-state index in [1.54, 1.807) is 0 Å². The Balaban J connectivity index is 2.30. The van der Waals surface area contributed by atoms with Crippen molar-refractivity contribution in [3.8, 4) is 5.75 Å². The van der Waals surface area contributed by atoms with Crippen LogP contribution in [0.15, 0.2) is 24.3 Å². The van der Waals surface area contributed by atoms with E-state index in [-0.39, 0.29) is 12.0 Å². The van der Waals surface area contributed by atoms with Gasteiger partial charge in [0.15, 0.2) is 6.10 Å². The first-order valence-electron chi connectivity index (χ1n) is 6.35. The van der Waals surface area contributed by atoms with E-state index in [2.05, 4.69) is 6.92 Å². The van der Waals surface area contributed by atoms with Crippen LogP contribution in [-0.4, -0.2) is 18.6 Å². The van der Waals surface area contributed by atoms with E-state index >= 15 is 0 Å². The molecule has 0 spiro atoms. The van der Waals surface area contributed by atoms with E-state index in [0.717, 1.165) is 37.2 Å². The Kier molecular flexibility index (Phi) is 3.67. The number of carbonyl (C=O) groups excluding carboxylic acids is 1. The van der Waals surface area contributed by atoms with Crippen LogP contribution in [0.5, 0.6) is 5.75 Å². The predicted octanol–water partition coefficient (Wildman–Crippen LogP) is 2.99. The van der Waals surface area contributed by atoms with Gasteiger partial charge >= 0.3 is 0 Å². The van der Waals surface area contributed by atoms with Gasteiger partial charge in [0.05, 0.1) is 5.69 Å². The average Bonchev–Trinajstić information content (AvgIpc) is 2.37. The summed E-state index contributed by atoms with van der Waals surface area (Å²) < 4.78 is 5.71. The molecule has 92 valence electrons. The standard InChI is InChI=1S/C14H19NO2/c1-3-5-10-15-11-8-6-7-9-13(11)17-12(4-2)14(15)16/h6-9,12H,3-5,10H2,1-2H3. The molecule has 1 heterocycles. The number of benzene rings is 1. The molecule has 1 unspecified atom stereocenters. The molecule has 0 saturated carbocycles. The summed E-state index contributed by atoms with van der Waals surface area (Å²) in [5, 5.41) is 0. The quantitative estimate of drug-likeness (QED) is 0.800. The summed E-state index contributed by atoms with van der Waals surface area (Å²) in [5.41, 5.74) is 0.913. The molecule has 17 heavy (non-hydrogen) atoms. The zero-order chi connectivity index (χ0) is 12.3. The molecule has 2 rings (SSSR count). The molecule has 1 aliphatic heterocycles. The molecule has 0 bridgehead atoms. The van der Waals surface area contributed by atoms with Crippen molar-refractivity contribution in [1.29, 1.82) is 0 Å². The average molecular weight is 233 g/mol. The second-order valence-electron chi connectivity index (χ2n) is 4.33. The molecule has 0 N–H and O–H groups in total. The second-order valence-corrected chi connectivity index (χ2v) is 4.33. The number of carbonyl (C=O) groups is 1. The lowest BCUT2D eigenvalue weighted by Crippen LogP contribution is -2.46. The van der Waals surface area contributed by atoms with Gasteiger partial charge in [-0.1, -0.05) is 32.4 Å². The van der Waals surface area contributed by atoms with Crippen LogP contribution < -0.4 is 9.64 Å². The number of anilines is 1. The minimum atomic E-state index is -0.318. The van der Waals surface area contributed by atoms with E-state index < -0.39 is 0 Å². The largest absolute Gasteiger partial charge is 0.478 e. The topological polar surface area (TPSA) is 29.5 Å². The molecular formula is C14H19NO2. The van der Waals surface area contributed by atoms with Crippen molar-refractivity contribution in [2.24, 2.45) is 0 Å². The zero-order valence-electron chi connectivity index (χ0n) is 10.5. The first kappa shape index (κ1) is 12.0. The lowest BCUT2D eigenvalue weighted by atomic mass is 10.1. The molecule has 1 aromatic carbocycles. The van der Waals surface area contributed by atoms with Crippen LogP contribution in [0.1, 0.15) is 33.1 Å². The summed E-state index contributed by atoms with van der Waals surface area (Å²) in [4.78, 5) is 14.1. The summed E-state index contributed by atoms with van der Waals surface area (Å²) in [6.07, 6.45) is 2.51. The maximum absolute atomic E-state index is 12.2. The summed E-state index contributed by atoms with van der Waals surface area (Å²) in [5.74, 6) is 0.926. The van der Waals surface area contributed by atoms with Crippen LogP contribution in [0.2, 0.25) is 0 Å². The van der Waals surface area contributed by atoms with Crippen molar-refractivity contribution in [3.63, 3.8) is 0 Å². The van der Waals surface area contributed by atoms with Gasteiger partial charge in [0, 0.05) is 6.54 Å². The van der Waals surface area contributed by atoms with Crippen LogP contribution in [0.3, 0.4) is 0 Å². The second kappa shape index (κ2) is 5.21. The fourth-order valence-corrected chi connectivity index (χ4v) is 2.08. The first-order chi connectivity index (χ1) is 8.27. The monoisotopic (exact) mass is 233 g/mol. The molecule has 0 aromatic heterocycles. The van der Waals surface area contributed by atoms with Crippen LogP contribution in [-0.2, 0) is 4.79 Å². The first-order valence-corrected chi connectivity index (χ1v) is 6.35. The van der Waals surface area contributed by atoms with E-state index in [9.17, 15) is 4.79 Å². The molecule has 1 amide bonds. The van der Waals surface area contributed by atoms with Crippen LogP contribution >= 0.6 is 0 Å². The minimum Gasteiger partial charge on any atom is -0.478 e. The number of para-hydroxylation sites is 2. The van der Waals surface area contributed by atoms with Gasteiger partial charge in [-0.25, -0.2) is 0 Å². The van der Waals surface area contributed by atoms with Crippen LogP contribution in [0, 0.1) is 0 Å². The highest BCUT2D eigenvalue weighted by Crippen LogP contribution is 2.34. The highest BCUT2D eigenvalue weighted by atomic mass is 16.5. The SMILES string of the molecule is CCCCN1C(=O)C(CC)Oc2ccccc21. The summed E-state index contributed by atoms with van der Waals surface area (Å²) in [6.45, 7) is 4.90. The van der Waals surface area contributed by atoms with Crippen LogP contribution in [0.25, 0.3) is 0 Å². The van der Waals surface area contributed by atoms with Gasteiger partial charge in [0.1, 0.15) is 5.75 Å². The maximum atomic E-state index is 12.2. The molecule has 1 atom stereocenters. The highest BCUT2D eigenvalue weighted by molar-refractivity contribution is 5.99. The molecule has 3 heteroatoms. The van der Waals surface area contributed by atoms with E-state index in [4.69, 9.17) is 4.74 Å². The molecule has 0 radical (unpaired) electrons. The molecule has 3 nitrogen and oxygen atoms in total. The fourth-order valence-electron chi connectivity index (χ4n) is 2.08. The molecule has 1 aromatic rings. The lowest BCUT2D eigenvalue weighted by Gasteiger charge is -2.34. The smallest absolute Gasteiger partial charge is 0.268 e. The van der Waals surface area contributed by atoms with E-state index in [0.29, 0.717) is 0 Å². The van der Waals surface area contributed by atoms with Gasteiger partial charge in [-0.05, 0) is 25.0 Å². The van der Waals surface area contributed by atoms with Crippen molar-refractivity contribution in [2.45, 2.75) is 39.2 Å². The number of amides is 1. The molecule has 0 fully saturated rings. The summed E-state index contributed by atoms with van der Waals surface area (Å²) >= 11 is 0.